The molecule has 0 saturated carbocycles. The van der Waals surface area contributed by atoms with Gasteiger partial charge in [-0.25, -0.2) is 4.98 Å². The fourth-order valence-electron chi connectivity index (χ4n) is 1.67. The van der Waals surface area contributed by atoms with Gasteiger partial charge in [0, 0.05) is 40.1 Å². The summed E-state index contributed by atoms with van der Waals surface area (Å²) in [6, 6.07) is 5.84. The molecule has 1 unspecified atom stereocenters. The number of nitrogens with zero attached hydrogens (tertiary/aromatic N) is 1. The van der Waals surface area contributed by atoms with Crippen molar-refractivity contribution in [3.05, 3.63) is 49.8 Å². The average molecular weight is 346 g/mol. The van der Waals surface area contributed by atoms with Crippen LogP contribution in [0.2, 0.25) is 5.02 Å². The molecule has 1 heterocycles. The number of nitrogens with one attached hydrogen (secondary N) is 1. The Labute approximate surface area is 125 Å². The van der Waals surface area contributed by atoms with Crippen LogP contribution in [-0.2, 0) is 6.54 Å². The monoisotopic (exact) mass is 344 g/mol. The highest BCUT2D eigenvalue weighted by atomic mass is 79.9. The highest BCUT2D eigenvalue weighted by molar-refractivity contribution is 9.10. The van der Waals surface area contributed by atoms with Gasteiger partial charge in [-0.15, -0.1) is 11.3 Å². The van der Waals surface area contributed by atoms with E-state index in [1.54, 1.807) is 11.3 Å². The van der Waals surface area contributed by atoms with E-state index >= 15 is 0 Å². The number of halogens is 2. The van der Waals surface area contributed by atoms with Crippen LogP contribution in [0.25, 0.3) is 0 Å². The average Bonchev–Trinajstić information content (AvgIpc) is 2.87. The molecule has 5 heteroatoms. The third-order valence-corrected chi connectivity index (χ3v) is 4.66. The summed E-state index contributed by atoms with van der Waals surface area (Å²) < 4.78 is 1.08. The highest BCUT2D eigenvalue weighted by Crippen LogP contribution is 2.21. The molecule has 2 aromatic rings. The summed E-state index contributed by atoms with van der Waals surface area (Å²) in [4.78, 5) is 4.32. The van der Waals surface area contributed by atoms with E-state index < -0.39 is 0 Å². The Kier molecular flexibility index (Phi) is 5.18. The SMILES string of the molecule is CC(CNCc1cc(Cl)ccc1Br)c1nccs1. The largest absolute Gasteiger partial charge is 0.312 e. The molecular formula is C13H14BrClN2S. The zero-order valence-corrected chi connectivity index (χ0v) is 13.1. The number of hydrogen-bond acceptors (Lipinski definition) is 3. The van der Waals surface area contributed by atoms with Crippen LogP contribution in [-0.4, -0.2) is 11.5 Å². The number of aromatic nitrogens is 1. The Hall–Kier alpha value is -0.420. The van der Waals surface area contributed by atoms with Crippen LogP contribution in [0, 0.1) is 0 Å². The molecular weight excluding hydrogens is 332 g/mol. The van der Waals surface area contributed by atoms with Gasteiger partial charge in [-0.2, -0.15) is 0 Å². The molecule has 1 aromatic carbocycles. The van der Waals surface area contributed by atoms with Crippen LogP contribution in [0.1, 0.15) is 23.4 Å². The summed E-state index contributed by atoms with van der Waals surface area (Å²) in [7, 11) is 0. The van der Waals surface area contributed by atoms with E-state index in [1.165, 1.54) is 10.6 Å². The summed E-state index contributed by atoms with van der Waals surface area (Å²) >= 11 is 11.2. The zero-order chi connectivity index (χ0) is 13.0. The van der Waals surface area contributed by atoms with Gasteiger partial charge >= 0.3 is 0 Å². The fourth-order valence-corrected chi connectivity index (χ4v) is 2.95. The van der Waals surface area contributed by atoms with Crippen molar-refractivity contribution in [2.45, 2.75) is 19.4 Å². The number of thiazole rings is 1. The Morgan fingerprint density at radius 3 is 3.06 bits per heavy atom. The molecule has 0 bridgehead atoms. The quantitative estimate of drug-likeness (QED) is 0.866. The molecule has 0 amide bonds. The summed E-state index contributed by atoms with van der Waals surface area (Å²) in [5.74, 6) is 0.433. The van der Waals surface area contributed by atoms with Crippen molar-refractivity contribution < 1.29 is 0 Å². The van der Waals surface area contributed by atoms with Crippen molar-refractivity contribution >= 4 is 38.9 Å². The van der Waals surface area contributed by atoms with Gasteiger partial charge in [0.15, 0.2) is 0 Å². The Balaban J connectivity index is 1.87. The molecule has 96 valence electrons. The molecule has 18 heavy (non-hydrogen) atoms. The molecule has 2 nitrogen and oxygen atoms in total. The van der Waals surface area contributed by atoms with Crippen LogP contribution in [0.3, 0.4) is 0 Å². The Bertz CT molecular complexity index is 502. The molecule has 0 saturated heterocycles. The van der Waals surface area contributed by atoms with Crippen molar-refractivity contribution in [3.8, 4) is 0 Å². The summed E-state index contributed by atoms with van der Waals surface area (Å²) in [6.07, 6.45) is 1.85. The van der Waals surface area contributed by atoms with Crippen molar-refractivity contribution in [1.82, 2.24) is 10.3 Å². The van der Waals surface area contributed by atoms with E-state index in [2.05, 4.69) is 33.2 Å². The lowest BCUT2D eigenvalue weighted by molar-refractivity contribution is 0.612. The summed E-state index contributed by atoms with van der Waals surface area (Å²) in [5, 5.41) is 7.39. The minimum atomic E-state index is 0.433. The van der Waals surface area contributed by atoms with Crippen molar-refractivity contribution in [2.75, 3.05) is 6.54 Å². The molecule has 1 atom stereocenters. The molecule has 0 spiro atoms. The van der Waals surface area contributed by atoms with Crippen LogP contribution >= 0.6 is 38.9 Å². The molecule has 0 radical (unpaired) electrons. The van der Waals surface area contributed by atoms with Gasteiger partial charge in [0.05, 0.1) is 5.01 Å². The van der Waals surface area contributed by atoms with E-state index in [-0.39, 0.29) is 0 Å². The fraction of sp³-hybridized carbons (Fsp3) is 0.308. The van der Waals surface area contributed by atoms with E-state index in [0.717, 1.165) is 22.6 Å². The maximum absolute atomic E-state index is 5.98. The summed E-state index contributed by atoms with van der Waals surface area (Å²) in [5.41, 5.74) is 1.17. The van der Waals surface area contributed by atoms with Gasteiger partial charge < -0.3 is 5.32 Å². The lowest BCUT2D eigenvalue weighted by atomic mass is 10.2. The number of hydrogen-bond donors (Lipinski definition) is 1. The van der Waals surface area contributed by atoms with Gasteiger partial charge in [0.2, 0.25) is 0 Å². The topological polar surface area (TPSA) is 24.9 Å². The smallest absolute Gasteiger partial charge is 0.0965 e. The minimum absolute atomic E-state index is 0.433. The van der Waals surface area contributed by atoms with Gasteiger partial charge in [-0.05, 0) is 23.8 Å². The van der Waals surface area contributed by atoms with E-state index in [4.69, 9.17) is 11.6 Å². The first kappa shape index (κ1) is 14.0. The first-order valence-corrected chi connectivity index (χ1v) is 7.76. The molecule has 1 N–H and O–H groups in total. The second kappa shape index (κ2) is 6.66. The number of benzene rings is 1. The minimum Gasteiger partial charge on any atom is -0.312 e. The predicted molar refractivity (Wildman–Crippen MR) is 81.4 cm³/mol. The van der Waals surface area contributed by atoms with E-state index in [0.29, 0.717) is 5.92 Å². The lowest BCUT2D eigenvalue weighted by Gasteiger charge is -2.11. The normalized spacial score (nSPS) is 12.6. The second-order valence-corrected chi connectivity index (χ2v) is 6.35. The van der Waals surface area contributed by atoms with E-state index in [1.807, 2.05) is 29.8 Å². The van der Waals surface area contributed by atoms with Crippen LogP contribution in [0.4, 0.5) is 0 Å². The predicted octanol–water partition coefficient (Wildman–Crippen LogP) is 4.45. The third-order valence-electron chi connectivity index (χ3n) is 2.65. The van der Waals surface area contributed by atoms with Gasteiger partial charge in [0.1, 0.15) is 0 Å². The van der Waals surface area contributed by atoms with Gasteiger partial charge in [-0.1, -0.05) is 34.5 Å². The molecule has 2 rings (SSSR count). The zero-order valence-electron chi connectivity index (χ0n) is 9.99. The standard InChI is InChI=1S/C13H14BrClN2S/c1-9(13-17-4-5-18-13)7-16-8-10-6-11(15)2-3-12(10)14/h2-6,9,16H,7-8H2,1H3. The third kappa shape index (κ3) is 3.79. The van der Waals surface area contributed by atoms with Crippen LogP contribution < -0.4 is 5.32 Å². The maximum Gasteiger partial charge on any atom is 0.0965 e. The molecule has 1 aromatic heterocycles. The number of rotatable bonds is 5. The summed E-state index contributed by atoms with van der Waals surface area (Å²) in [6.45, 7) is 3.89. The van der Waals surface area contributed by atoms with Crippen LogP contribution in [0.15, 0.2) is 34.2 Å². The molecule has 0 aliphatic carbocycles. The van der Waals surface area contributed by atoms with Crippen molar-refractivity contribution in [2.24, 2.45) is 0 Å². The van der Waals surface area contributed by atoms with Crippen molar-refractivity contribution in [3.63, 3.8) is 0 Å². The highest BCUT2D eigenvalue weighted by Gasteiger charge is 2.08. The molecule has 0 fully saturated rings. The maximum atomic E-state index is 5.98. The van der Waals surface area contributed by atoms with Gasteiger partial charge in [-0.3, -0.25) is 0 Å². The van der Waals surface area contributed by atoms with Crippen LogP contribution in [0.5, 0.6) is 0 Å². The first-order valence-electron chi connectivity index (χ1n) is 5.71. The first-order chi connectivity index (χ1) is 8.66. The molecule has 0 aliphatic heterocycles. The van der Waals surface area contributed by atoms with Gasteiger partial charge in [0.25, 0.3) is 0 Å². The lowest BCUT2D eigenvalue weighted by Crippen LogP contribution is -2.19. The molecule has 0 aliphatic rings. The Morgan fingerprint density at radius 2 is 2.33 bits per heavy atom. The Morgan fingerprint density at radius 1 is 1.50 bits per heavy atom. The van der Waals surface area contributed by atoms with E-state index in [9.17, 15) is 0 Å². The van der Waals surface area contributed by atoms with Crippen molar-refractivity contribution in [1.29, 1.82) is 0 Å². The second-order valence-electron chi connectivity index (χ2n) is 4.14.